The number of hydrogen-bond donors (Lipinski definition) is 2. The molecule has 88 valence electrons. The maximum Gasteiger partial charge on any atom is 0.280 e. The van der Waals surface area contributed by atoms with E-state index in [2.05, 4.69) is 10.2 Å². The molecule has 0 spiro atoms. The summed E-state index contributed by atoms with van der Waals surface area (Å²) in [6, 6.07) is 9.35. The van der Waals surface area contributed by atoms with Crippen LogP contribution in [0.1, 0.15) is 16.2 Å². The van der Waals surface area contributed by atoms with E-state index >= 15 is 0 Å². The molecular formula is C12H14N4O. The summed E-state index contributed by atoms with van der Waals surface area (Å²) in [7, 11) is 1.70. The Labute approximate surface area is 99.2 Å². The Morgan fingerprint density at radius 2 is 2.00 bits per heavy atom. The van der Waals surface area contributed by atoms with Crippen LogP contribution in [-0.2, 0) is 0 Å². The number of anilines is 2. The van der Waals surface area contributed by atoms with Crippen molar-refractivity contribution in [3.05, 3.63) is 41.7 Å². The van der Waals surface area contributed by atoms with Crippen LogP contribution in [0.25, 0.3) is 0 Å². The number of carbonyl (C=O) groups is 1. The molecule has 2 aromatic rings. The zero-order valence-electron chi connectivity index (χ0n) is 9.77. The van der Waals surface area contributed by atoms with Crippen LogP contribution >= 0.6 is 0 Å². The van der Waals surface area contributed by atoms with Gasteiger partial charge in [-0.2, -0.15) is 5.10 Å². The van der Waals surface area contributed by atoms with Gasteiger partial charge in [0.1, 0.15) is 0 Å². The summed E-state index contributed by atoms with van der Waals surface area (Å²) >= 11 is 0. The number of aromatic nitrogens is 2. The van der Waals surface area contributed by atoms with Gasteiger partial charge in [0, 0.05) is 12.7 Å². The average Bonchev–Trinajstić information content (AvgIpc) is 2.69. The minimum Gasteiger partial charge on any atom is -0.395 e. The first-order chi connectivity index (χ1) is 8.11. The number of H-pyrrole nitrogens is 1. The first-order valence-corrected chi connectivity index (χ1v) is 5.25. The van der Waals surface area contributed by atoms with E-state index in [-0.39, 0.29) is 11.6 Å². The van der Waals surface area contributed by atoms with E-state index < -0.39 is 0 Å². The molecule has 0 radical (unpaired) electrons. The number of benzene rings is 1. The smallest absolute Gasteiger partial charge is 0.280 e. The summed E-state index contributed by atoms with van der Waals surface area (Å²) in [5.41, 5.74) is 7.94. The molecule has 0 atom stereocenters. The van der Waals surface area contributed by atoms with Gasteiger partial charge in [-0.25, -0.2) is 0 Å². The van der Waals surface area contributed by atoms with Crippen molar-refractivity contribution in [3.8, 4) is 0 Å². The average molecular weight is 230 g/mol. The van der Waals surface area contributed by atoms with Crippen LogP contribution < -0.4 is 10.6 Å². The zero-order valence-corrected chi connectivity index (χ0v) is 9.77. The van der Waals surface area contributed by atoms with E-state index in [0.29, 0.717) is 11.4 Å². The fourth-order valence-corrected chi connectivity index (χ4v) is 1.53. The highest BCUT2D eigenvalue weighted by Crippen LogP contribution is 2.18. The Morgan fingerprint density at radius 1 is 1.35 bits per heavy atom. The number of rotatable bonds is 2. The van der Waals surface area contributed by atoms with Crippen LogP contribution in [0.5, 0.6) is 0 Å². The molecule has 1 aromatic heterocycles. The van der Waals surface area contributed by atoms with E-state index in [1.165, 1.54) is 4.90 Å². The molecule has 1 amide bonds. The molecule has 0 aliphatic heterocycles. The highest BCUT2D eigenvalue weighted by Gasteiger charge is 2.19. The summed E-state index contributed by atoms with van der Waals surface area (Å²) in [5, 5.41) is 6.62. The predicted octanol–water partition coefficient (Wildman–Crippen LogP) is 1.58. The summed E-state index contributed by atoms with van der Waals surface area (Å²) in [6.07, 6.45) is 0. The van der Waals surface area contributed by atoms with Gasteiger partial charge in [0.2, 0.25) is 0 Å². The van der Waals surface area contributed by atoms with Gasteiger partial charge in [-0.1, -0.05) is 18.2 Å². The third kappa shape index (κ3) is 1.99. The van der Waals surface area contributed by atoms with E-state index in [1.54, 1.807) is 14.0 Å². The Hall–Kier alpha value is -2.30. The van der Waals surface area contributed by atoms with E-state index in [0.717, 1.165) is 5.69 Å². The number of carbonyl (C=O) groups excluding carboxylic acids is 1. The van der Waals surface area contributed by atoms with Crippen molar-refractivity contribution in [2.75, 3.05) is 17.7 Å². The fraction of sp³-hybridized carbons (Fsp3) is 0.167. The second kappa shape index (κ2) is 4.29. The molecule has 5 heteroatoms. The van der Waals surface area contributed by atoms with Crippen molar-refractivity contribution in [1.29, 1.82) is 0 Å². The summed E-state index contributed by atoms with van der Waals surface area (Å²) < 4.78 is 0. The molecule has 5 nitrogen and oxygen atoms in total. The van der Waals surface area contributed by atoms with Crippen molar-refractivity contribution in [2.24, 2.45) is 0 Å². The summed E-state index contributed by atoms with van der Waals surface area (Å²) in [4.78, 5) is 13.7. The molecule has 3 N–H and O–H groups in total. The lowest BCUT2D eigenvalue weighted by molar-refractivity contribution is 0.0989. The van der Waals surface area contributed by atoms with Gasteiger partial charge >= 0.3 is 0 Å². The van der Waals surface area contributed by atoms with Crippen LogP contribution in [0.15, 0.2) is 30.3 Å². The lowest BCUT2D eigenvalue weighted by Crippen LogP contribution is -2.27. The lowest BCUT2D eigenvalue weighted by Gasteiger charge is -2.16. The topological polar surface area (TPSA) is 75.0 Å². The van der Waals surface area contributed by atoms with Crippen molar-refractivity contribution in [2.45, 2.75) is 6.92 Å². The first-order valence-electron chi connectivity index (χ1n) is 5.25. The maximum absolute atomic E-state index is 12.1. The molecule has 17 heavy (non-hydrogen) atoms. The monoisotopic (exact) mass is 230 g/mol. The van der Waals surface area contributed by atoms with Gasteiger partial charge in [0.15, 0.2) is 5.69 Å². The van der Waals surface area contributed by atoms with E-state index in [4.69, 9.17) is 5.73 Å². The minimum atomic E-state index is -0.224. The zero-order chi connectivity index (χ0) is 12.4. The second-order valence-corrected chi connectivity index (χ2v) is 3.81. The van der Waals surface area contributed by atoms with Crippen LogP contribution in [0.2, 0.25) is 0 Å². The van der Waals surface area contributed by atoms with Crippen molar-refractivity contribution < 1.29 is 4.79 Å². The van der Waals surface area contributed by atoms with Gasteiger partial charge in [-0.15, -0.1) is 0 Å². The first kappa shape index (κ1) is 11.2. The van der Waals surface area contributed by atoms with Crippen molar-refractivity contribution in [3.63, 3.8) is 0 Å². The maximum atomic E-state index is 12.1. The predicted molar refractivity (Wildman–Crippen MR) is 66.9 cm³/mol. The second-order valence-electron chi connectivity index (χ2n) is 3.81. The molecule has 1 heterocycles. The summed E-state index contributed by atoms with van der Waals surface area (Å²) in [5.74, 6) is -0.224. The molecule has 2 rings (SSSR count). The molecular weight excluding hydrogens is 216 g/mol. The van der Waals surface area contributed by atoms with Crippen LogP contribution in [0.4, 0.5) is 11.4 Å². The van der Waals surface area contributed by atoms with Gasteiger partial charge in [0.25, 0.3) is 5.91 Å². The number of aryl methyl sites for hydroxylation is 1. The molecule has 0 aliphatic rings. The van der Waals surface area contributed by atoms with Crippen molar-refractivity contribution >= 4 is 17.3 Å². The van der Waals surface area contributed by atoms with E-state index in [1.807, 2.05) is 30.3 Å². The molecule has 0 fully saturated rings. The third-order valence-electron chi connectivity index (χ3n) is 2.65. The molecule has 0 unspecified atom stereocenters. The highest BCUT2D eigenvalue weighted by molar-refractivity contribution is 6.07. The number of aromatic amines is 1. The Kier molecular flexibility index (Phi) is 2.82. The minimum absolute atomic E-state index is 0.224. The van der Waals surface area contributed by atoms with Gasteiger partial charge in [0.05, 0.1) is 11.4 Å². The number of hydrogen-bond acceptors (Lipinski definition) is 3. The largest absolute Gasteiger partial charge is 0.395 e. The summed E-state index contributed by atoms with van der Waals surface area (Å²) in [6.45, 7) is 1.78. The standard InChI is InChI=1S/C12H14N4O/c1-8-10(13)11(15-14-8)12(17)16(2)9-6-4-3-5-7-9/h3-7H,13H2,1-2H3,(H,14,15). The number of para-hydroxylation sites is 1. The van der Waals surface area contributed by atoms with E-state index in [9.17, 15) is 4.79 Å². The van der Waals surface area contributed by atoms with Crippen LogP contribution in [0, 0.1) is 6.92 Å². The van der Waals surface area contributed by atoms with Gasteiger partial charge in [-0.3, -0.25) is 9.89 Å². The molecule has 0 saturated heterocycles. The normalized spacial score (nSPS) is 10.2. The Balaban J connectivity index is 2.30. The van der Waals surface area contributed by atoms with Crippen LogP contribution in [0.3, 0.4) is 0 Å². The number of nitrogens with two attached hydrogens (primary N) is 1. The quantitative estimate of drug-likeness (QED) is 0.822. The van der Waals surface area contributed by atoms with Gasteiger partial charge < -0.3 is 10.6 Å². The Bertz CT molecular complexity index is 533. The molecule has 1 aromatic carbocycles. The third-order valence-corrected chi connectivity index (χ3v) is 2.65. The fourth-order valence-electron chi connectivity index (χ4n) is 1.53. The highest BCUT2D eigenvalue weighted by atomic mass is 16.2. The molecule has 0 saturated carbocycles. The van der Waals surface area contributed by atoms with Crippen molar-refractivity contribution in [1.82, 2.24) is 10.2 Å². The number of nitrogens with zero attached hydrogens (tertiary/aromatic N) is 2. The number of nitrogens with one attached hydrogen (secondary N) is 1. The number of amides is 1. The SMILES string of the molecule is Cc1[nH]nc(C(=O)N(C)c2ccccc2)c1N. The number of nitrogen functional groups attached to an aromatic ring is 1. The Morgan fingerprint density at radius 3 is 2.53 bits per heavy atom. The lowest BCUT2D eigenvalue weighted by atomic mass is 10.2. The van der Waals surface area contributed by atoms with Crippen LogP contribution in [-0.4, -0.2) is 23.2 Å². The molecule has 0 bridgehead atoms. The van der Waals surface area contributed by atoms with Gasteiger partial charge in [-0.05, 0) is 19.1 Å². The molecule has 0 aliphatic carbocycles.